The second-order valence-electron chi connectivity index (χ2n) is 7.53. The number of para-hydroxylation sites is 1. The van der Waals surface area contributed by atoms with Gasteiger partial charge in [-0.25, -0.2) is 9.37 Å². The number of carbonyl (C=O) groups is 1. The Balaban J connectivity index is 1.74. The van der Waals surface area contributed by atoms with Crippen molar-refractivity contribution < 1.29 is 19.0 Å². The van der Waals surface area contributed by atoms with Crippen LogP contribution in [0, 0.1) is 11.2 Å². The minimum atomic E-state index is -0.784. The Labute approximate surface area is 164 Å². The van der Waals surface area contributed by atoms with Crippen LogP contribution in [0.1, 0.15) is 33.1 Å². The largest absolute Gasteiger partial charge is 0.481 e. The van der Waals surface area contributed by atoms with Gasteiger partial charge < -0.3 is 9.84 Å². The number of unbranched alkanes of at least 4 members (excludes halogenated alkanes) is 1. The van der Waals surface area contributed by atoms with Crippen LogP contribution in [0.3, 0.4) is 0 Å². The molecule has 3 aromatic rings. The van der Waals surface area contributed by atoms with Crippen molar-refractivity contribution in [3.63, 3.8) is 0 Å². The van der Waals surface area contributed by atoms with Gasteiger partial charge in [0.05, 0.1) is 17.5 Å². The number of nitrogens with zero attached hydrogens (tertiary/aromatic N) is 1. The highest BCUT2D eigenvalue weighted by molar-refractivity contribution is 5.95. The summed E-state index contributed by atoms with van der Waals surface area (Å²) in [4.78, 5) is 15.7. The summed E-state index contributed by atoms with van der Waals surface area (Å²) in [7, 11) is 0. The van der Waals surface area contributed by atoms with Gasteiger partial charge in [-0.1, -0.05) is 30.3 Å². The van der Waals surface area contributed by atoms with Gasteiger partial charge in [-0.05, 0) is 62.4 Å². The number of halogens is 1. The molecule has 0 aliphatic carbocycles. The molecule has 1 heterocycles. The fourth-order valence-corrected chi connectivity index (χ4v) is 3.05. The Bertz CT molecular complexity index is 967. The zero-order valence-corrected chi connectivity index (χ0v) is 16.1. The normalized spacial score (nSPS) is 11.5. The first kappa shape index (κ1) is 19.8. The lowest BCUT2D eigenvalue weighted by Crippen LogP contribution is -2.23. The second-order valence-corrected chi connectivity index (χ2v) is 7.53. The zero-order valence-electron chi connectivity index (χ0n) is 16.1. The van der Waals surface area contributed by atoms with Crippen LogP contribution in [0.5, 0.6) is 5.88 Å². The fraction of sp³-hybridized carbons (Fsp3) is 0.304. The van der Waals surface area contributed by atoms with E-state index in [1.54, 1.807) is 26.0 Å². The highest BCUT2D eigenvalue weighted by atomic mass is 19.1. The van der Waals surface area contributed by atoms with E-state index in [-0.39, 0.29) is 5.82 Å². The van der Waals surface area contributed by atoms with Crippen molar-refractivity contribution in [2.24, 2.45) is 5.41 Å². The van der Waals surface area contributed by atoms with E-state index >= 15 is 0 Å². The van der Waals surface area contributed by atoms with E-state index in [0.717, 1.165) is 34.9 Å². The average Bonchev–Trinajstić information content (AvgIpc) is 2.67. The molecule has 0 radical (unpaired) electrons. The maximum atomic E-state index is 13.3. The van der Waals surface area contributed by atoms with Gasteiger partial charge in [0.25, 0.3) is 0 Å². The molecule has 146 valence electrons. The van der Waals surface area contributed by atoms with Crippen LogP contribution in [-0.2, 0) is 4.79 Å². The maximum Gasteiger partial charge on any atom is 0.309 e. The minimum absolute atomic E-state index is 0.275. The van der Waals surface area contributed by atoms with Gasteiger partial charge in [0, 0.05) is 11.5 Å². The van der Waals surface area contributed by atoms with Gasteiger partial charge in [0.15, 0.2) is 0 Å². The van der Waals surface area contributed by atoms with Gasteiger partial charge in [0.1, 0.15) is 5.82 Å². The number of hydrogen-bond donors (Lipinski definition) is 1. The van der Waals surface area contributed by atoms with E-state index in [0.29, 0.717) is 18.9 Å². The van der Waals surface area contributed by atoms with Crippen LogP contribution in [0.2, 0.25) is 0 Å². The second kappa shape index (κ2) is 8.38. The third-order valence-corrected chi connectivity index (χ3v) is 4.87. The number of aliphatic carboxylic acids is 1. The molecule has 0 atom stereocenters. The van der Waals surface area contributed by atoms with Crippen molar-refractivity contribution in [3.05, 3.63) is 60.4 Å². The first-order valence-electron chi connectivity index (χ1n) is 9.39. The van der Waals surface area contributed by atoms with Crippen molar-refractivity contribution in [3.8, 4) is 17.0 Å². The molecular formula is C23H24FNO3. The average molecular weight is 381 g/mol. The Morgan fingerprint density at radius 1 is 1.11 bits per heavy atom. The molecule has 0 fully saturated rings. The van der Waals surface area contributed by atoms with E-state index in [9.17, 15) is 9.18 Å². The summed E-state index contributed by atoms with van der Waals surface area (Å²) in [5.74, 6) is -0.549. The van der Waals surface area contributed by atoms with Crippen LogP contribution in [0.15, 0.2) is 54.6 Å². The lowest BCUT2D eigenvalue weighted by atomic mass is 9.87. The summed E-state index contributed by atoms with van der Waals surface area (Å²) in [6, 6.07) is 16.0. The minimum Gasteiger partial charge on any atom is -0.481 e. The molecule has 2 aromatic carbocycles. The molecule has 0 aliphatic rings. The SMILES string of the molecule is CC(C)(CCCCOc1cc(-c2ccc(F)cc2)c2ccccc2n1)C(=O)O. The van der Waals surface area contributed by atoms with Gasteiger partial charge in [-0.2, -0.15) is 0 Å². The van der Waals surface area contributed by atoms with E-state index in [4.69, 9.17) is 9.84 Å². The molecule has 1 N–H and O–H groups in total. The molecule has 0 saturated carbocycles. The topological polar surface area (TPSA) is 59.4 Å². The molecule has 0 unspecified atom stereocenters. The number of rotatable bonds is 8. The van der Waals surface area contributed by atoms with Crippen molar-refractivity contribution >= 4 is 16.9 Å². The number of carboxylic acid groups (broad SMARTS) is 1. The van der Waals surface area contributed by atoms with E-state index < -0.39 is 11.4 Å². The Morgan fingerprint density at radius 2 is 1.82 bits per heavy atom. The number of pyridine rings is 1. The first-order valence-corrected chi connectivity index (χ1v) is 9.39. The molecule has 0 spiro atoms. The molecule has 1 aromatic heterocycles. The van der Waals surface area contributed by atoms with Crippen molar-refractivity contribution in [2.75, 3.05) is 6.61 Å². The van der Waals surface area contributed by atoms with Crippen LogP contribution in [0.25, 0.3) is 22.0 Å². The number of fused-ring (bicyclic) bond motifs is 1. The van der Waals surface area contributed by atoms with E-state index in [1.807, 2.05) is 30.3 Å². The van der Waals surface area contributed by atoms with Gasteiger partial charge in [0.2, 0.25) is 5.88 Å². The van der Waals surface area contributed by atoms with Gasteiger partial charge in [-0.3, -0.25) is 4.79 Å². The van der Waals surface area contributed by atoms with Gasteiger partial charge in [-0.15, -0.1) is 0 Å². The lowest BCUT2D eigenvalue weighted by Gasteiger charge is -2.18. The molecule has 0 saturated heterocycles. The number of aromatic nitrogens is 1. The first-order chi connectivity index (χ1) is 13.4. The van der Waals surface area contributed by atoms with Gasteiger partial charge >= 0.3 is 5.97 Å². The van der Waals surface area contributed by atoms with Crippen LogP contribution in [0.4, 0.5) is 4.39 Å². The quantitative estimate of drug-likeness (QED) is 0.508. The van der Waals surface area contributed by atoms with Crippen molar-refractivity contribution in [1.82, 2.24) is 4.98 Å². The molecule has 28 heavy (non-hydrogen) atoms. The summed E-state index contributed by atoms with van der Waals surface area (Å²) in [6.07, 6.45) is 2.10. The summed E-state index contributed by atoms with van der Waals surface area (Å²) in [5.41, 5.74) is 1.92. The fourth-order valence-electron chi connectivity index (χ4n) is 3.05. The molecule has 0 aliphatic heterocycles. The van der Waals surface area contributed by atoms with E-state index in [1.165, 1.54) is 12.1 Å². The predicted octanol–water partition coefficient (Wildman–Crippen LogP) is 5.70. The summed E-state index contributed by atoms with van der Waals surface area (Å²) in [6.45, 7) is 3.93. The Kier molecular flexibility index (Phi) is 5.93. The lowest BCUT2D eigenvalue weighted by molar-refractivity contribution is -0.147. The third-order valence-electron chi connectivity index (χ3n) is 4.87. The molecule has 0 amide bonds. The number of carboxylic acids is 1. The maximum absolute atomic E-state index is 13.3. The number of ether oxygens (including phenoxy) is 1. The monoisotopic (exact) mass is 381 g/mol. The highest BCUT2D eigenvalue weighted by Gasteiger charge is 2.26. The summed E-state index contributed by atoms with van der Waals surface area (Å²) >= 11 is 0. The van der Waals surface area contributed by atoms with Crippen LogP contribution >= 0.6 is 0 Å². The Hall–Kier alpha value is -2.95. The zero-order chi connectivity index (χ0) is 20.1. The highest BCUT2D eigenvalue weighted by Crippen LogP contribution is 2.31. The van der Waals surface area contributed by atoms with Crippen LogP contribution < -0.4 is 4.74 Å². The molecular weight excluding hydrogens is 357 g/mol. The van der Waals surface area contributed by atoms with Crippen molar-refractivity contribution in [2.45, 2.75) is 33.1 Å². The molecule has 5 heteroatoms. The number of benzene rings is 2. The standard InChI is InChI=1S/C23H24FNO3/c1-23(2,22(26)27)13-5-6-14-28-21-15-19(16-9-11-17(24)12-10-16)18-7-3-4-8-20(18)25-21/h3-4,7-12,15H,5-6,13-14H2,1-2H3,(H,26,27). The summed E-state index contributed by atoms with van der Waals surface area (Å²) < 4.78 is 19.1. The smallest absolute Gasteiger partial charge is 0.309 e. The van der Waals surface area contributed by atoms with E-state index in [2.05, 4.69) is 4.98 Å². The molecule has 3 rings (SSSR count). The molecule has 4 nitrogen and oxygen atoms in total. The third kappa shape index (κ3) is 4.66. The summed E-state index contributed by atoms with van der Waals surface area (Å²) in [5, 5.41) is 10.1. The molecule has 0 bridgehead atoms. The van der Waals surface area contributed by atoms with Crippen LogP contribution in [-0.4, -0.2) is 22.7 Å². The predicted molar refractivity (Wildman–Crippen MR) is 108 cm³/mol. The Morgan fingerprint density at radius 3 is 2.54 bits per heavy atom. The van der Waals surface area contributed by atoms with Crippen molar-refractivity contribution in [1.29, 1.82) is 0 Å². The number of hydrogen-bond acceptors (Lipinski definition) is 3.